The molecule has 1 atom stereocenters. The van der Waals surface area contributed by atoms with Crippen molar-refractivity contribution in [2.24, 2.45) is 5.92 Å². The van der Waals surface area contributed by atoms with Crippen LogP contribution in [0.1, 0.15) is 42.1 Å². The van der Waals surface area contributed by atoms with Crippen molar-refractivity contribution in [1.29, 1.82) is 0 Å². The minimum atomic E-state index is -0.950. The SMILES string of the molecule is CCOC(=O)C1CCN(C(c2ccc(F)c(F)c2)c2sc3nc(C)nn3c2O)CC1. The zero-order valence-corrected chi connectivity index (χ0v) is 17.5. The lowest BCUT2D eigenvalue weighted by Crippen LogP contribution is -2.39. The summed E-state index contributed by atoms with van der Waals surface area (Å²) in [5.74, 6) is -1.82. The second kappa shape index (κ2) is 8.27. The molecule has 1 aliphatic heterocycles. The lowest BCUT2D eigenvalue weighted by molar-refractivity contribution is -0.149. The number of fused-ring (bicyclic) bond motifs is 1. The van der Waals surface area contributed by atoms with Crippen molar-refractivity contribution in [2.75, 3.05) is 19.7 Å². The van der Waals surface area contributed by atoms with Crippen LogP contribution in [-0.2, 0) is 9.53 Å². The van der Waals surface area contributed by atoms with E-state index in [1.807, 2.05) is 0 Å². The molecule has 0 spiro atoms. The molecule has 0 aliphatic carbocycles. The number of hydrogen-bond donors (Lipinski definition) is 1. The summed E-state index contributed by atoms with van der Waals surface area (Å²) in [6, 6.07) is 3.23. The topological polar surface area (TPSA) is 80.0 Å². The summed E-state index contributed by atoms with van der Waals surface area (Å²) >= 11 is 1.26. The number of hydrogen-bond acceptors (Lipinski definition) is 7. The molecule has 2 aromatic heterocycles. The van der Waals surface area contributed by atoms with E-state index >= 15 is 0 Å². The van der Waals surface area contributed by atoms with Crippen molar-refractivity contribution in [2.45, 2.75) is 32.7 Å². The van der Waals surface area contributed by atoms with Crippen LogP contribution in [-0.4, -0.2) is 50.3 Å². The van der Waals surface area contributed by atoms with E-state index in [1.165, 1.54) is 21.9 Å². The van der Waals surface area contributed by atoms with Gasteiger partial charge in [0.2, 0.25) is 10.8 Å². The smallest absolute Gasteiger partial charge is 0.309 e. The van der Waals surface area contributed by atoms with Gasteiger partial charge < -0.3 is 9.84 Å². The minimum Gasteiger partial charge on any atom is -0.492 e. The number of likely N-dealkylation sites (tertiary alicyclic amines) is 1. The van der Waals surface area contributed by atoms with Gasteiger partial charge in [0.25, 0.3) is 0 Å². The zero-order valence-electron chi connectivity index (χ0n) is 16.6. The number of aromatic hydroxyl groups is 1. The van der Waals surface area contributed by atoms with Crippen LogP contribution in [0.2, 0.25) is 0 Å². The first-order chi connectivity index (χ1) is 14.4. The Kier molecular flexibility index (Phi) is 5.70. The summed E-state index contributed by atoms with van der Waals surface area (Å²) in [5.41, 5.74) is 0.514. The van der Waals surface area contributed by atoms with Gasteiger partial charge >= 0.3 is 5.97 Å². The highest BCUT2D eigenvalue weighted by atomic mass is 32.1. The number of nitrogens with zero attached hydrogens (tertiary/aromatic N) is 4. The molecule has 0 saturated carbocycles. The Labute approximate surface area is 175 Å². The van der Waals surface area contributed by atoms with Crippen LogP contribution in [0.4, 0.5) is 8.78 Å². The van der Waals surface area contributed by atoms with Crippen LogP contribution in [0.3, 0.4) is 0 Å². The highest BCUT2D eigenvalue weighted by Gasteiger charge is 2.34. The molecule has 1 N–H and O–H groups in total. The molecule has 0 amide bonds. The van der Waals surface area contributed by atoms with E-state index < -0.39 is 17.7 Å². The maximum Gasteiger partial charge on any atom is 0.309 e. The van der Waals surface area contributed by atoms with Crippen molar-refractivity contribution in [3.05, 3.63) is 46.1 Å². The molecular formula is C20H22F2N4O3S. The number of aromatic nitrogens is 3. The van der Waals surface area contributed by atoms with Crippen LogP contribution in [0.15, 0.2) is 18.2 Å². The number of benzene rings is 1. The van der Waals surface area contributed by atoms with Crippen molar-refractivity contribution < 1.29 is 23.4 Å². The Morgan fingerprint density at radius 1 is 1.33 bits per heavy atom. The third-order valence-electron chi connectivity index (χ3n) is 5.33. The van der Waals surface area contributed by atoms with Crippen molar-refractivity contribution in [3.63, 3.8) is 0 Å². The van der Waals surface area contributed by atoms with Crippen LogP contribution in [0, 0.1) is 24.5 Å². The summed E-state index contributed by atoms with van der Waals surface area (Å²) in [4.78, 5) is 19.5. The summed E-state index contributed by atoms with van der Waals surface area (Å²) in [6.07, 6.45) is 1.17. The fourth-order valence-electron chi connectivity index (χ4n) is 3.89. The quantitative estimate of drug-likeness (QED) is 0.617. The van der Waals surface area contributed by atoms with Crippen molar-refractivity contribution in [3.8, 4) is 5.88 Å². The molecule has 10 heteroatoms. The van der Waals surface area contributed by atoms with Crippen molar-refractivity contribution in [1.82, 2.24) is 19.5 Å². The number of carbonyl (C=O) groups is 1. The molecule has 160 valence electrons. The van der Waals surface area contributed by atoms with Crippen LogP contribution in [0.5, 0.6) is 5.88 Å². The van der Waals surface area contributed by atoms with Crippen molar-refractivity contribution >= 4 is 22.3 Å². The zero-order chi connectivity index (χ0) is 21.4. The van der Waals surface area contributed by atoms with Crippen LogP contribution >= 0.6 is 11.3 Å². The van der Waals surface area contributed by atoms with Gasteiger partial charge in [-0.1, -0.05) is 17.4 Å². The van der Waals surface area contributed by atoms with Gasteiger partial charge in [0.05, 0.1) is 23.4 Å². The van der Waals surface area contributed by atoms with Gasteiger partial charge in [-0.05, 0) is 57.5 Å². The first kappa shape index (κ1) is 20.7. The number of esters is 1. The minimum absolute atomic E-state index is 0.0714. The first-order valence-corrected chi connectivity index (χ1v) is 10.6. The molecule has 1 aromatic carbocycles. The maximum absolute atomic E-state index is 14.0. The number of rotatable bonds is 5. The second-order valence-electron chi connectivity index (χ2n) is 7.28. The van der Waals surface area contributed by atoms with E-state index in [-0.39, 0.29) is 17.8 Å². The predicted octanol–water partition coefficient (Wildman–Crippen LogP) is 3.45. The number of ether oxygens (including phenoxy) is 1. The normalized spacial score (nSPS) is 16.8. The molecule has 7 nitrogen and oxygen atoms in total. The fraction of sp³-hybridized carbons (Fsp3) is 0.450. The van der Waals surface area contributed by atoms with Gasteiger partial charge in [0.1, 0.15) is 5.82 Å². The molecule has 4 rings (SSSR count). The van der Waals surface area contributed by atoms with Gasteiger partial charge in [-0.3, -0.25) is 9.69 Å². The molecule has 1 fully saturated rings. The molecule has 1 unspecified atom stereocenters. The first-order valence-electron chi connectivity index (χ1n) is 9.79. The van der Waals surface area contributed by atoms with E-state index in [0.717, 1.165) is 12.1 Å². The molecule has 0 bridgehead atoms. The molecule has 0 radical (unpaired) electrons. The Morgan fingerprint density at radius 2 is 2.07 bits per heavy atom. The number of piperidine rings is 1. The number of halogens is 2. The highest BCUT2D eigenvalue weighted by Crippen LogP contribution is 2.41. The number of aryl methyl sites for hydroxylation is 1. The Morgan fingerprint density at radius 3 is 2.70 bits per heavy atom. The van der Waals surface area contributed by atoms with Gasteiger partial charge in [-0.2, -0.15) is 4.52 Å². The third-order valence-corrected chi connectivity index (χ3v) is 6.40. The van der Waals surface area contributed by atoms with Gasteiger partial charge in [0.15, 0.2) is 11.6 Å². The molecule has 1 aliphatic rings. The standard InChI is InChI=1S/C20H22F2N4O3S/c1-3-29-19(28)12-6-8-25(9-7-12)16(13-4-5-14(21)15(22)10-13)17-18(27)26-20(30-17)23-11(2)24-26/h4-5,10,12,16,27H,3,6-9H2,1-2H3. The lowest BCUT2D eigenvalue weighted by atomic mass is 9.93. The van der Waals surface area contributed by atoms with Gasteiger partial charge in [-0.25, -0.2) is 13.8 Å². The molecule has 3 aromatic rings. The van der Waals surface area contributed by atoms with E-state index in [9.17, 15) is 18.7 Å². The van der Waals surface area contributed by atoms with Gasteiger partial charge in [0, 0.05) is 0 Å². The molecular weight excluding hydrogens is 414 g/mol. The highest BCUT2D eigenvalue weighted by molar-refractivity contribution is 7.17. The van der Waals surface area contributed by atoms with E-state index in [1.54, 1.807) is 13.8 Å². The van der Waals surface area contributed by atoms with Crippen LogP contribution < -0.4 is 0 Å². The monoisotopic (exact) mass is 436 g/mol. The summed E-state index contributed by atoms with van der Waals surface area (Å²) < 4.78 is 34.1. The van der Waals surface area contributed by atoms with E-state index in [0.29, 0.717) is 53.8 Å². The van der Waals surface area contributed by atoms with E-state index in [2.05, 4.69) is 15.0 Å². The molecule has 30 heavy (non-hydrogen) atoms. The Balaban J connectivity index is 1.69. The summed E-state index contributed by atoms with van der Waals surface area (Å²) in [7, 11) is 0. The average Bonchev–Trinajstić information content (AvgIpc) is 3.23. The Hall–Kier alpha value is -2.59. The summed E-state index contributed by atoms with van der Waals surface area (Å²) in [5, 5.41) is 15.0. The van der Waals surface area contributed by atoms with E-state index in [4.69, 9.17) is 4.74 Å². The maximum atomic E-state index is 14.0. The largest absolute Gasteiger partial charge is 0.492 e. The number of thiazole rings is 1. The average molecular weight is 436 g/mol. The predicted molar refractivity (Wildman–Crippen MR) is 106 cm³/mol. The molecule has 1 saturated heterocycles. The lowest BCUT2D eigenvalue weighted by Gasteiger charge is -2.36. The third kappa shape index (κ3) is 3.77. The second-order valence-corrected chi connectivity index (χ2v) is 8.29. The Bertz CT molecular complexity index is 1080. The summed E-state index contributed by atoms with van der Waals surface area (Å²) in [6.45, 7) is 4.92. The molecule has 3 heterocycles. The number of carbonyl (C=O) groups excluding carboxylic acids is 1. The fourth-order valence-corrected chi connectivity index (χ4v) is 5.05. The van der Waals surface area contributed by atoms with Crippen LogP contribution in [0.25, 0.3) is 4.96 Å². The van der Waals surface area contributed by atoms with Gasteiger partial charge in [-0.15, -0.1) is 5.10 Å².